The Kier molecular flexibility index (Phi) is 3.87. The van der Waals surface area contributed by atoms with Crippen LogP contribution in [0.1, 0.15) is 44.6 Å². The molecule has 1 heterocycles. The number of hydrogen-bond donors (Lipinski definition) is 1. The molecular weight excluding hydrogens is 246 g/mol. The summed E-state index contributed by atoms with van der Waals surface area (Å²) in [5.74, 6) is 1.15. The van der Waals surface area contributed by atoms with Crippen molar-refractivity contribution in [2.75, 3.05) is 19.6 Å². The minimum atomic E-state index is -0.127. The average molecular weight is 273 g/mol. The van der Waals surface area contributed by atoms with Crippen molar-refractivity contribution in [2.45, 2.75) is 45.1 Å². The van der Waals surface area contributed by atoms with E-state index in [9.17, 15) is 5.11 Å². The third-order valence-corrected chi connectivity index (χ3v) is 5.44. The highest BCUT2D eigenvalue weighted by Crippen LogP contribution is 2.42. The lowest BCUT2D eigenvalue weighted by molar-refractivity contribution is 0.0352. The van der Waals surface area contributed by atoms with Gasteiger partial charge >= 0.3 is 0 Å². The molecule has 2 aliphatic rings. The second-order valence-electron chi connectivity index (χ2n) is 7.39. The van der Waals surface area contributed by atoms with E-state index in [4.69, 9.17) is 0 Å². The first-order valence-corrected chi connectivity index (χ1v) is 8.01. The van der Waals surface area contributed by atoms with E-state index in [1.54, 1.807) is 0 Å². The van der Waals surface area contributed by atoms with Gasteiger partial charge in [-0.15, -0.1) is 0 Å². The van der Waals surface area contributed by atoms with Gasteiger partial charge in [0.05, 0.1) is 6.10 Å². The van der Waals surface area contributed by atoms with Crippen molar-refractivity contribution >= 4 is 0 Å². The quantitative estimate of drug-likeness (QED) is 0.913. The van der Waals surface area contributed by atoms with E-state index < -0.39 is 0 Å². The number of nitrogens with zero attached hydrogens (tertiary/aromatic N) is 1. The topological polar surface area (TPSA) is 23.5 Å². The predicted molar refractivity (Wildman–Crippen MR) is 82.8 cm³/mol. The molecule has 1 aromatic carbocycles. The lowest BCUT2D eigenvalue weighted by Gasteiger charge is -2.28. The first-order chi connectivity index (χ1) is 9.56. The largest absolute Gasteiger partial charge is 0.392 e. The Morgan fingerprint density at radius 2 is 1.95 bits per heavy atom. The van der Waals surface area contributed by atoms with Crippen LogP contribution in [0.25, 0.3) is 0 Å². The van der Waals surface area contributed by atoms with Gasteiger partial charge in [-0.05, 0) is 48.6 Å². The Labute approximate surface area is 122 Å². The highest BCUT2D eigenvalue weighted by atomic mass is 16.3. The van der Waals surface area contributed by atoms with Crippen LogP contribution >= 0.6 is 0 Å². The molecule has 2 nitrogen and oxygen atoms in total. The molecule has 20 heavy (non-hydrogen) atoms. The molecule has 3 atom stereocenters. The lowest BCUT2D eigenvalue weighted by atomic mass is 9.87. The van der Waals surface area contributed by atoms with Crippen LogP contribution in [0.4, 0.5) is 0 Å². The molecule has 1 N–H and O–H groups in total. The molecule has 3 unspecified atom stereocenters. The zero-order valence-corrected chi connectivity index (χ0v) is 12.8. The van der Waals surface area contributed by atoms with E-state index in [-0.39, 0.29) is 11.5 Å². The molecule has 2 heteroatoms. The number of hydrogen-bond acceptors (Lipinski definition) is 2. The summed E-state index contributed by atoms with van der Waals surface area (Å²) in [6.45, 7) is 7.83. The molecule has 1 saturated carbocycles. The average Bonchev–Trinajstić information content (AvgIpc) is 3.01. The van der Waals surface area contributed by atoms with Gasteiger partial charge in [-0.2, -0.15) is 0 Å². The van der Waals surface area contributed by atoms with Gasteiger partial charge in [0.25, 0.3) is 0 Å². The van der Waals surface area contributed by atoms with Crippen LogP contribution < -0.4 is 0 Å². The molecule has 3 rings (SSSR count). The fourth-order valence-electron chi connectivity index (χ4n) is 4.02. The molecule has 0 bridgehead atoms. The summed E-state index contributed by atoms with van der Waals surface area (Å²) < 4.78 is 0. The lowest BCUT2D eigenvalue weighted by Crippen LogP contribution is -2.35. The van der Waals surface area contributed by atoms with Crippen molar-refractivity contribution in [3.05, 3.63) is 35.9 Å². The van der Waals surface area contributed by atoms with Crippen LogP contribution in [-0.4, -0.2) is 35.7 Å². The van der Waals surface area contributed by atoms with Crippen LogP contribution in [0, 0.1) is 11.3 Å². The normalized spacial score (nSPS) is 33.6. The third-order valence-electron chi connectivity index (χ3n) is 5.44. The van der Waals surface area contributed by atoms with Crippen LogP contribution in [0.5, 0.6) is 0 Å². The van der Waals surface area contributed by atoms with Gasteiger partial charge in [0.1, 0.15) is 0 Å². The number of rotatable bonds is 3. The van der Waals surface area contributed by atoms with Crippen molar-refractivity contribution in [1.29, 1.82) is 0 Å². The zero-order chi connectivity index (χ0) is 14.2. The predicted octanol–water partition coefficient (Wildman–Crippen LogP) is 3.27. The Balaban J connectivity index is 1.56. The van der Waals surface area contributed by atoms with Crippen molar-refractivity contribution in [1.82, 2.24) is 4.90 Å². The van der Waals surface area contributed by atoms with E-state index in [0.29, 0.717) is 11.8 Å². The number of likely N-dealkylation sites (tertiary alicyclic amines) is 1. The highest BCUT2D eigenvalue weighted by molar-refractivity contribution is 5.21. The second-order valence-corrected chi connectivity index (χ2v) is 7.39. The van der Waals surface area contributed by atoms with E-state index in [0.717, 1.165) is 19.5 Å². The summed E-state index contributed by atoms with van der Waals surface area (Å²) in [5.41, 5.74) is 1.59. The van der Waals surface area contributed by atoms with E-state index in [1.807, 2.05) is 0 Å². The Morgan fingerprint density at radius 1 is 1.20 bits per heavy atom. The summed E-state index contributed by atoms with van der Waals surface area (Å²) in [5, 5.41) is 10.4. The molecule has 0 spiro atoms. The Hall–Kier alpha value is -0.860. The summed E-state index contributed by atoms with van der Waals surface area (Å²) in [7, 11) is 0. The van der Waals surface area contributed by atoms with Gasteiger partial charge < -0.3 is 10.0 Å². The number of aliphatic hydroxyl groups is 1. The first kappa shape index (κ1) is 14.1. The second kappa shape index (κ2) is 5.50. The maximum absolute atomic E-state index is 10.4. The standard InChI is InChI=1S/C18H27NO/c1-18(2)10-8-16(17(18)20)13-19-11-9-15(12-19)14-6-4-3-5-7-14/h3-7,15-17,20H,8-13H2,1-2H3. The van der Waals surface area contributed by atoms with Crippen LogP contribution in [0.2, 0.25) is 0 Å². The minimum absolute atomic E-state index is 0.114. The molecule has 0 aromatic heterocycles. The number of benzene rings is 1. The Morgan fingerprint density at radius 3 is 2.60 bits per heavy atom. The molecule has 1 aliphatic carbocycles. The Bertz CT molecular complexity index is 442. The van der Waals surface area contributed by atoms with Crippen LogP contribution in [0.3, 0.4) is 0 Å². The summed E-state index contributed by atoms with van der Waals surface area (Å²) in [4.78, 5) is 2.56. The van der Waals surface area contributed by atoms with E-state index >= 15 is 0 Å². The van der Waals surface area contributed by atoms with Crippen molar-refractivity contribution in [3.8, 4) is 0 Å². The molecule has 0 amide bonds. The maximum atomic E-state index is 10.4. The molecule has 1 aliphatic heterocycles. The van der Waals surface area contributed by atoms with Gasteiger partial charge in [-0.1, -0.05) is 44.2 Å². The van der Waals surface area contributed by atoms with Gasteiger partial charge in [0.2, 0.25) is 0 Å². The highest BCUT2D eigenvalue weighted by Gasteiger charge is 2.41. The van der Waals surface area contributed by atoms with Gasteiger partial charge in [-0.25, -0.2) is 0 Å². The fraction of sp³-hybridized carbons (Fsp3) is 0.667. The van der Waals surface area contributed by atoms with Crippen LogP contribution in [0.15, 0.2) is 30.3 Å². The number of aliphatic hydroxyl groups excluding tert-OH is 1. The molecule has 2 fully saturated rings. The molecule has 1 aromatic rings. The summed E-state index contributed by atoms with van der Waals surface area (Å²) in [6, 6.07) is 10.9. The minimum Gasteiger partial charge on any atom is -0.392 e. The smallest absolute Gasteiger partial charge is 0.0631 e. The van der Waals surface area contributed by atoms with Gasteiger partial charge in [0, 0.05) is 13.1 Å². The van der Waals surface area contributed by atoms with E-state index in [2.05, 4.69) is 49.1 Å². The summed E-state index contributed by atoms with van der Waals surface area (Å²) in [6.07, 6.45) is 3.48. The zero-order valence-electron chi connectivity index (χ0n) is 12.8. The monoisotopic (exact) mass is 273 g/mol. The van der Waals surface area contributed by atoms with Gasteiger partial charge in [0.15, 0.2) is 0 Å². The molecule has 1 saturated heterocycles. The van der Waals surface area contributed by atoms with Crippen molar-refractivity contribution < 1.29 is 5.11 Å². The maximum Gasteiger partial charge on any atom is 0.0631 e. The van der Waals surface area contributed by atoms with Gasteiger partial charge in [-0.3, -0.25) is 0 Å². The fourth-order valence-corrected chi connectivity index (χ4v) is 4.02. The molecular formula is C18H27NO. The third kappa shape index (κ3) is 2.77. The SMILES string of the molecule is CC1(C)CCC(CN2CCC(c3ccccc3)C2)C1O. The molecule has 0 radical (unpaired) electrons. The van der Waals surface area contributed by atoms with E-state index in [1.165, 1.54) is 24.9 Å². The van der Waals surface area contributed by atoms with Crippen molar-refractivity contribution in [3.63, 3.8) is 0 Å². The van der Waals surface area contributed by atoms with Crippen LogP contribution in [-0.2, 0) is 0 Å². The molecule has 110 valence electrons. The first-order valence-electron chi connectivity index (χ1n) is 8.01. The van der Waals surface area contributed by atoms with Crippen molar-refractivity contribution in [2.24, 2.45) is 11.3 Å². The summed E-state index contributed by atoms with van der Waals surface area (Å²) >= 11 is 0.